The highest BCUT2D eigenvalue weighted by atomic mass is 79.9. The molecule has 0 aliphatic carbocycles. The molecule has 0 heterocycles. The molecule has 0 spiro atoms. The summed E-state index contributed by atoms with van der Waals surface area (Å²) in [5.41, 5.74) is 0. The highest BCUT2D eigenvalue weighted by Crippen LogP contribution is 2.13. The van der Waals surface area contributed by atoms with Crippen LogP contribution in [0.1, 0.15) is 12.8 Å². The Morgan fingerprint density at radius 1 is 1.44 bits per heavy atom. The van der Waals surface area contributed by atoms with Gasteiger partial charge in [-0.2, -0.15) is 0 Å². The monoisotopic (exact) mass is 254 g/mol. The molecule has 0 nitrogen and oxygen atoms in total. The summed E-state index contributed by atoms with van der Waals surface area (Å²) in [6.45, 7) is 3.69. The van der Waals surface area contributed by atoms with Gasteiger partial charge in [-0.3, -0.25) is 0 Å². The Morgan fingerprint density at radius 2 is 2.11 bits per heavy atom. The van der Waals surface area contributed by atoms with Gasteiger partial charge in [-0.1, -0.05) is 37.9 Å². The van der Waals surface area contributed by atoms with Crippen molar-refractivity contribution in [1.82, 2.24) is 0 Å². The number of allylic oxidation sites excluding steroid dienone is 1. The van der Waals surface area contributed by atoms with Crippen molar-refractivity contribution in [3.05, 3.63) is 12.7 Å². The van der Waals surface area contributed by atoms with Crippen molar-refractivity contribution >= 4 is 31.9 Å². The number of hydrogen-bond acceptors (Lipinski definition) is 0. The molecule has 0 fully saturated rings. The molecule has 0 aliphatic heterocycles. The maximum Gasteiger partial charge on any atom is 0.00629 e. The Kier molecular flexibility index (Phi) is 7.34. The molecule has 0 saturated heterocycles. The van der Waals surface area contributed by atoms with Crippen LogP contribution >= 0.6 is 31.9 Å². The van der Waals surface area contributed by atoms with Gasteiger partial charge in [0.2, 0.25) is 0 Å². The summed E-state index contributed by atoms with van der Waals surface area (Å²) in [7, 11) is 0. The number of hydrogen-bond donors (Lipinski definition) is 0. The lowest BCUT2D eigenvalue weighted by molar-refractivity contribution is 0.593. The third-order valence-corrected chi connectivity index (χ3v) is 2.61. The first-order chi connectivity index (χ1) is 4.35. The first-order valence-corrected chi connectivity index (χ1v) is 5.32. The van der Waals surface area contributed by atoms with Gasteiger partial charge in [-0.15, -0.1) is 6.58 Å². The molecular weight excluding hydrogens is 244 g/mol. The Bertz CT molecular complexity index is 71.3. The van der Waals surface area contributed by atoms with Gasteiger partial charge in [0.25, 0.3) is 0 Å². The molecule has 0 saturated carbocycles. The van der Waals surface area contributed by atoms with E-state index in [1.54, 1.807) is 0 Å². The molecule has 54 valence electrons. The first kappa shape index (κ1) is 9.70. The zero-order valence-electron chi connectivity index (χ0n) is 5.45. The normalized spacial score (nSPS) is 13.1. The fourth-order valence-corrected chi connectivity index (χ4v) is 1.88. The van der Waals surface area contributed by atoms with E-state index < -0.39 is 0 Å². The second kappa shape index (κ2) is 6.81. The van der Waals surface area contributed by atoms with Gasteiger partial charge < -0.3 is 0 Å². The molecule has 0 N–H and O–H groups in total. The van der Waals surface area contributed by atoms with Crippen molar-refractivity contribution in [1.29, 1.82) is 0 Å². The molecule has 0 aromatic heterocycles. The fourth-order valence-electron chi connectivity index (χ4n) is 0.648. The Labute approximate surface area is 74.0 Å². The minimum atomic E-state index is 0.766. The third kappa shape index (κ3) is 5.16. The van der Waals surface area contributed by atoms with Gasteiger partial charge in [0.1, 0.15) is 0 Å². The summed E-state index contributed by atoms with van der Waals surface area (Å²) in [4.78, 5) is 0. The van der Waals surface area contributed by atoms with Gasteiger partial charge in [-0.05, 0) is 18.8 Å². The highest BCUT2D eigenvalue weighted by molar-refractivity contribution is 9.09. The van der Waals surface area contributed by atoms with E-state index in [0.29, 0.717) is 0 Å². The minimum absolute atomic E-state index is 0.766. The zero-order valence-corrected chi connectivity index (χ0v) is 8.62. The molecule has 9 heavy (non-hydrogen) atoms. The van der Waals surface area contributed by atoms with Crippen LogP contribution in [0, 0.1) is 5.92 Å². The standard InChI is InChI=1S/C7H12Br2/c1-2-3-7(6-9)4-5-8/h2,7H,1,3-6H2/t7-/m0/s1. The lowest BCUT2D eigenvalue weighted by Crippen LogP contribution is -2.00. The van der Waals surface area contributed by atoms with Crippen LogP contribution in [0.4, 0.5) is 0 Å². The predicted octanol–water partition coefficient (Wildman–Crippen LogP) is 3.36. The van der Waals surface area contributed by atoms with E-state index in [1.165, 1.54) is 6.42 Å². The van der Waals surface area contributed by atoms with E-state index in [2.05, 4.69) is 38.4 Å². The Balaban J connectivity index is 3.28. The van der Waals surface area contributed by atoms with Crippen LogP contribution in [0.15, 0.2) is 12.7 Å². The number of alkyl halides is 2. The van der Waals surface area contributed by atoms with Gasteiger partial charge in [0.05, 0.1) is 0 Å². The summed E-state index contributed by atoms with van der Waals surface area (Å²) in [6.07, 6.45) is 4.34. The van der Waals surface area contributed by atoms with Crippen LogP contribution < -0.4 is 0 Å². The van der Waals surface area contributed by atoms with Crippen LogP contribution in [0.25, 0.3) is 0 Å². The Hall–Kier alpha value is 0.700. The predicted molar refractivity (Wildman–Crippen MR) is 50.5 cm³/mol. The molecule has 0 aliphatic rings. The summed E-state index contributed by atoms with van der Waals surface area (Å²) in [5, 5.41) is 2.18. The molecule has 0 aromatic rings. The summed E-state index contributed by atoms with van der Waals surface area (Å²) < 4.78 is 0. The largest absolute Gasteiger partial charge is 0.103 e. The van der Waals surface area contributed by atoms with E-state index in [9.17, 15) is 0 Å². The van der Waals surface area contributed by atoms with Gasteiger partial charge in [-0.25, -0.2) is 0 Å². The molecular formula is C7H12Br2. The second-order valence-electron chi connectivity index (χ2n) is 2.02. The SMILES string of the molecule is C=CC[C@H](CBr)CCBr. The lowest BCUT2D eigenvalue weighted by atomic mass is 10.1. The summed E-state index contributed by atoms with van der Waals surface area (Å²) in [6, 6.07) is 0. The van der Waals surface area contributed by atoms with E-state index in [1.807, 2.05) is 6.08 Å². The zero-order chi connectivity index (χ0) is 7.11. The second-order valence-corrected chi connectivity index (χ2v) is 3.46. The third-order valence-electron chi connectivity index (χ3n) is 1.24. The maximum atomic E-state index is 3.69. The van der Waals surface area contributed by atoms with Crippen LogP contribution in [-0.2, 0) is 0 Å². The summed E-state index contributed by atoms with van der Waals surface area (Å²) in [5.74, 6) is 0.766. The quantitative estimate of drug-likeness (QED) is 0.522. The molecule has 2 heteroatoms. The topological polar surface area (TPSA) is 0 Å². The van der Waals surface area contributed by atoms with E-state index in [0.717, 1.165) is 23.0 Å². The molecule has 0 bridgehead atoms. The van der Waals surface area contributed by atoms with E-state index >= 15 is 0 Å². The molecule has 0 radical (unpaired) electrons. The number of halogens is 2. The molecule has 0 amide bonds. The smallest absolute Gasteiger partial charge is 0.00629 e. The Morgan fingerprint density at radius 3 is 2.44 bits per heavy atom. The van der Waals surface area contributed by atoms with Crippen molar-refractivity contribution in [2.75, 3.05) is 10.7 Å². The van der Waals surface area contributed by atoms with Gasteiger partial charge in [0, 0.05) is 10.7 Å². The van der Waals surface area contributed by atoms with E-state index in [-0.39, 0.29) is 0 Å². The summed E-state index contributed by atoms with van der Waals surface area (Å²) >= 11 is 6.85. The average Bonchev–Trinajstić information content (AvgIpc) is 1.88. The van der Waals surface area contributed by atoms with Crippen LogP contribution in [0.5, 0.6) is 0 Å². The number of rotatable bonds is 5. The van der Waals surface area contributed by atoms with Crippen molar-refractivity contribution in [2.45, 2.75) is 12.8 Å². The lowest BCUT2D eigenvalue weighted by Gasteiger charge is -2.07. The highest BCUT2D eigenvalue weighted by Gasteiger charge is 2.01. The molecule has 0 rings (SSSR count). The van der Waals surface area contributed by atoms with Gasteiger partial charge in [0.15, 0.2) is 0 Å². The average molecular weight is 256 g/mol. The van der Waals surface area contributed by atoms with Crippen molar-refractivity contribution < 1.29 is 0 Å². The van der Waals surface area contributed by atoms with Crippen molar-refractivity contribution in [2.24, 2.45) is 5.92 Å². The molecule has 1 atom stereocenters. The molecule has 0 unspecified atom stereocenters. The van der Waals surface area contributed by atoms with Crippen LogP contribution in [0.3, 0.4) is 0 Å². The van der Waals surface area contributed by atoms with Crippen molar-refractivity contribution in [3.63, 3.8) is 0 Å². The van der Waals surface area contributed by atoms with Crippen LogP contribution in [-0.4, -0.2) is 10.7 Å². The molecule has 0 aromatic carbocycles. The minimum Gasteiger partial charge on any atom is -0.103 e. The first-order valence-electron chi connectivity index (χ1n) is 3.08. The maximum absolute atomic E-state index is 3.69. The fraction of sp³-hybridized carbons (Fsp3) is 0.714. The van der Waals surface area contributed by atoms with E-state index in [4.69, 9.17) is 0 Å². The van der Waals surface area contributed by atoms with Crippen molar-refractivity contribution in [3.8, 4) is 0 Å². The van der Waals surface area contributed by atoms with Crippen LogP contribution in [0.2, 0.25) is 0 Å². The van der Waals surface area contributed by atoms with Gasteiger partial charge >= 0.3 is 0 Å².